The van der Waals surface area contributed by atoms with Crippen LogP contribution in [0.15, 0.2) is 30.5 Å². The molecule has 29 heavy (non-hydrogen) atoms. The number of aromatic amines is 1. The lowest BCUT2D eigenvalue weighted by Crippen LogP contribution is -2.36. The van der Waals surface area contributed by atoms with E-state index in [1.54, 1.807) is 10.7 Å². The van der Waals surface area contributed by atoms with Crippen molar-refractivity contribution in [3.05, 3.63) is 58.0 Å². The molecule has 0 aliphatic carbocycles. The Morgan fingerprint density at radius 2 is 2.14 bits per heavy atom. The van der Waals surface area contributed by atoms with Crippen LogP contribution in [0.25, 0.3) is 11.3 Å². The average molecular weight is 411 g/mol. The highest BCUT2D eigenvalue weighted by Crippen LogP contribution is 2.29. The first-order chi connectivity index (χ1) is 13.8. The molecule has 0 bridgehead atoms. The van der Waals surface area contributed by atoms with Crippen molar-refractivity contribution in [3.63, 3.8) is 0 Å². The lowest BCUT2D eigenvalue weighted by atomic mass is 10.0. The molecule has 0 aliphatic rings. The van der Waals surface area contributed by atoms with Crippen molar-refractivity contribution in [1.29, 1.82) is 5.26 Å². The van der Waals surface area contributed by atoms with E-state index < -0.39 is 0 Å². The molecule has 9 heteroatoms. The second-order valence-corrected chi connectivity index (χ2v) is 7.11. The number of benzene rings is 1. The summed E-state index contributed by atoms with van der Waals surface area (Å²) < 4.78 is 1.72. The van der Waals surface area contributed by atoms with Gasteiger partial charge in [-0.05, 0) is 37.6 Å². The van der Waals surface area contributed by atoms with Gasteiger partial charge < -0.3 is 5.32 Å². The van der Waals surface area contributed by atoms with Gasteiger partial charge in [0.25, 0.3) is 5.91 Å². The minimum absolute atomic E-state index is 0.212. The van der Waals surface area contributed by atoms with Gasteiger partial charge in [0.2, 0.25) is 0 Å². The SMILES string of the molecule is CC(=O)c1cc(C(=O)N[C@@H](C)Cn2ccc(-c3ccc(C#N)c(Cl)c3C)n2)[nH]n1. The van der Waals surface area contributed by atoms with Crippen LogP contribution in [0.5, 0.6) is 0 Å². The van der Waals surface area contributed by atoms with Gasteiger partial charge in [-0.1, -0.05) is 17.7 Å². The number of carbonyl (C=O) groups is 2. The minimum Gasteiger partial charge on any atom is -0.346 e. The van der Waals surface area contributed by atoms with Gasteiger partial charge in [0.05, 0.1) is 22.8 Å². The van der Waals surface area contributed by atoms with E-state index in [4.69, 9.17) is 16.9 Å². The van der Waals surface area contributed by atoms with Gasteiger partial charge in [0, 0.05) is 24.7 Å². The van der Waals surface area contributed by atoms with Crippen molar-refractivity contribution in [3.8, 4) is 17.3 Å². The molecule has 0 unspecified atom stereocenters. The Kier molecular flexibility index (Phi) is 5.80. The number of H-pyrrole nitrogens is 1. The summed E-state index contributed by atoms with van der Waals surface area (Å²) in [6.07, 6.45) is 1.81. The van der Waals surface area contributed by atoms with Gasteiger partial charge in [-0.15, -0.1) is 0 Å². The molecule has 2 N–H and O–H groups in total. The monoisotopic (exact) mass is 410 g/mol. The predicted octanol–water partition coefficient (Wildman–Crippen LogP) is 3.13. The zero-order valence-electron chi connectivity index (χ0n) is 16.2. The van der Waals surface area contributed by atoms with Gasteiger partial charge in [0.1, 0.15) is 17.5 Å². The quantitative estimate of drug-likeness (QED) is 0.605. The van der Waals surface area contributed by atoms with E-state index in [-0.39, 0.29) is 29.1 Å². The summed E-state index contributed by atoms with van der Waals surface area (Å²) in [5.41, 5.74) is 3.24. The number of carbonyl (C=O) groups excluding carboxylic acids is 2. The third kappa shape index (κ3) is 4.36. The van der Waals surface area contributed by atoms with Crippen molar-refractivity contribution in [2.75, 3.05) is 0 Å². The van der Waals surface area contributed by atoms with Crippen LogP contribution in [0.4, 0.5) is 0 Å². The fourth-order valence-electron chi connectivity index (χ4n) is 2.90. The van der Waals surface area contributed by atoms with Crippen molar-refractivity contribution >= 4 is 23.3 Å². The van der Waals surface area contributed by atoms with Gasteiger partial charge >= 0.3 is 0 Å². The van der Waals surface area contributed by atoms with Gasteiger partial charge in [-0.3, -0.25) is 19.4 Å². The highest BCUT2D eigenvalue weighted by Gasteiger charge is 2.16. The van der Waals surface area contributed by atoms with Crippen LogP contribution in [0.2, 0.25) is 5.02 Å². The van der Waals surface area contributed by atoms with Crippen LogP contribution in [0, 0.1) is 18.3 Å². The molecule has 3 rings (SSSR count). The summed E-state index contributed by atoms with van der Waals surface area (Å²) in [4.78, 5) is 23.6. The standard InChI is InChI=1S/C20H19ClN6O2/c1-11(23-20(29)18-8-17(13(3)28)24-25-18)10-27-7-6-16(26-27)15-5-4-14(9-22)19(21)12(15)2/h4-8,11H,10H2,1-3H3,(H,23,29)(H,24,25)/t11-/m0/s1. The van der Waals surface area contributed by atoms with E-state index in [0.29, 0.717) is 17.1 Å². The molecule has 0 radical (unpaired) electrons. The van der Waals surface area contributed by atoms with Gasteiger partial charge in [-0.2, -0.15) is 15.5 Å². The fraction of sp³-hybridized carbons (Fsp3) is 0.250. The topological polar surface area (TPSA) is 116 Å². The summed E-state index contributed by atoms with van der Waals surface area (Å²) in [6, 6.07) is 8.62. The molecule has 148 valence electrons. The number of nitrogens with zero attached hydrogens (tertiary/aromatic N) is 4. The van der Waals surface area contributed by atoms with Crippen molar-refractivity contribution < 1.29 is 9.59 Å². The van der Waals surface area contributed by atoms with Crippen LogP contribution in [0.3, 0.4) is 0 Å². The summed E-state index contributed by atoms with van der Waals surface area (Å²) in [6.45, 7) is 5.53. The molecule has 1 atom stereocenters. The third-order valence-corrected chi connectivity index (χ3v) is 4.93. The second-order valence-electron chi connectivity index (χ2n) is 6.73. The molecule has 0 saturated heterocycles. The number of Topliss-reactive ketones (excluding diaryl/α,β-unsaturated/α-hetero) is 1. The number of aromatic nitrogens is 4. The summed E-state index contributed by atoms with van der Waals surface area (Å²) in [7, 11) is 0. The molecule has 0 spiro atoms. The van der Waals surface area contributed by atoms with Crippen LogP contribution >= 0.6 is 11.6 Å². The Morgan fingerprint density at radius 3 is 2.79 bits per heavy atom. The molecular formula is C20H19ClN6O2. The number of ketones is 1. The predicted molar refractivity (Wildman–Crippen MR) is 108 cm³/mol. The number of hydrogen-bond acceptors (Lipinski definition) is 5. The zero-order chi connectivity index (χ0) is 21.1. The maximum Gasteiger partial charge on any atom is 0.269 e. The van der Waals surface area contributed by atoms with Crippen LogP contribution in [-0.4, -0.2) is 37.7 Å². The van der Waals surface area contributed by atoms with E-state index in [1.807, 2.05) is 32.2 Å². The Morgan fingerprint density at radius 1 is 1.38 bits per heavy atom. The number of amides is 1. The van der Waals surface area contributed by atoms with Gasteiger partial charge in [0.15, 0.2) is 5.78 Å². The third-order valence-electron chi connectivity index (χ3n) is 4.45. The van der Waals surface area contributed by atoms with Crippen LogP contribution < -0.4 is 5.32 Å². The number of rotatable bonds is 6. The molecule has 1 amide bonds. The number of nitrogens with one attached hydrogen (secondary N) is 2. The van der Waals surface area contributed by atoms with Crippen LogP contribution in [0.1, 0.15) is 46.0 Å². The van der Waals surface area contributed by atoms with E-state index in [1.165, 1.54) is 13.0 Å². The molecule has 1 aromatic carbocycles. The van der Waals surface area contributed by atoms with Crippen molar-refractivity contribution in [2.45, 2.75) is 33.4 Å². The highest BCUT2D eigenvalue weighted by atomic mass is 35.5. The lowest BCUT2D eigenvalue weighted by Gasteiger charge is -2.13. The maximum absolute atomic E-state index is 12.3. The maximum atomic E-state index is 12.3. The Hall–Kier alpha value is -3.44. The molecule has 2 heterocycles. The number of nitriles is 1. The molecule has 3 aromatic rings. The molecule has 8 nitrogen and oxygen atoms in total. The molecule has 0 aliphatic heterocycles. The van der Waals surface area contributed by atoms with Crippen molar-refractivity contribution in [2.24, 2.45) is 0 Å². The zero-order valence-corrected chi connectivity index (χ0v) is 16.9. The summed E-state index contributed by atoms with van der Waals surface area (Å²) >= 11 is 6.24. The molecule has 0 saturated carbocycles. The lowest BCUT2D eigenvalue weighted by molar-refractivity contribution is 0.0930. The first-order valence-corrected chi connectivity index (χ1v) is 9.28. The molecular weight excluding hydrogens is 392 g/mol. The number of hydrogen-bond donors (Lipinski definition) is 2. The Balaban J connectivity index is 1.68. The van der Waals surface area contributed by atoms with E-state index in [0.717, 1.165) is 16.8 Å². The van der Waals surface area contributed by atoms with E-state index in [9.17, 15) is 9.59 Å². The molecule has 2 aromatic heterocycles. The fourth-order valence-corrected chi connectivity index (χ4v) is 3.11. The normalized spacial score (nSPS) is 11.7. The average Bonchev–Trinajstić information content (AvgIpc) is 3.33. The Labute approximate surface area is 172 Å². The minimum atomic E-state index is -0.348. The summed E-state index contributed by atoms with van der Waals surface area (Å²) in [5.74, 6) is -0.560. The first kappa shape index (κ1) is 20.3. The van der Waals surface area contributed by atoms with Gasteiger partial charge in [-0.25, -0.2) is 0 Å². The van der Waals surface area contributed by atoms with Crippen LogP contribution in [-0.2, 0) is 6.54 Å². The highest BCUT2D eigenvalue weighted by molar-refractivity contribution is 6.32. The Bertz CT molecular complexity index is 1120. The number of halogens is 1. The largest absolute Gasteiger partial charge is 0.346 e. The smallest absolute Gasteiger partial charge is 0.269 e. The first-order valence-electron chi connectivity index (χ1n) is 8.90. The molecule has 0 fully saturated rings. The second kappa shape index (κ2) is 8.29. The van der Waals surface area contributed by atoms with Crippen molar-refractivity contribution in [1.82, 2.24) is 25.3 Å². The van der Waals surface area contributed by atoms with E-state index >= 15 is 0 Å². The summed E-state index contributed by atoms with van der Waals surface area (Å²) in [5, 5.41) is 23.3. The van der Waals surface area contributed by atoms with E-state index in [2.05, 4.69) is 26.7 Å².